The first-order valence-corrected chi connectivity index (χ1v) is 10.3. The number of halogens is 1. The third-order valence-corrected chi connectivity index (χ3v) is 4.45. The van der Waals surface area contributed by atoms with Crippen LogP contribution in [0.5, 0.6) is 23.0 Å². The molecule has 3 aromatic rings. The van der Waals surface area contributed by atoms with Gasteiger partial charge in [0.25, 0.3) is 0 Å². The van der Waals surface area contributed by atoms with Gasteiger partial charge in [0.1, 0.15) is 29.6 Å². The van der Waals surface area contributed by atoms with E-state index in [1.807, 2.05) is 62.4 Å². The van der Waals surface area contributed by atoms with E-state index in [2.05, 4.69) is 0 Å². The molecule has 5 heteroatoms. The van der Waals surface area contributed by atoms with Gasteiger partial charge >= 0.3 is 0 Å². The van der Waals surface area contributed by atoms with Crippen LogP contribution in [0.2, 0.25) is 0 Å². The number of carbonyl (C=O) groups is 1. The molecule has 0 aliphatic rings. The van der Waals surface area contributed by atoms with Gasteiger partial charge in [-0.15, -0.1) is 0 Å². The Morgan fingerprint density at radius 2 is 1.65 bits per heavy atom. The largest absolute Gasteiger partial charge is 0.491 e. The Balaban J connectivity index is 1.74. The molecule has 0 unspecified atom stereocenters. The van der Waals surface area contributed by atoms with Crippen molar-refractivity contribution in [1.82, 2.24) is 0 Å². The molecular formula is C26H27FO4. The normalized spacial score (nSPS) is 10.7. The zero-order valence-corrected chi connectivity index (χ0v) is 18.1. The van der Waals surface area contributed by atoms with Gasteiger partial charge in [-0.25, -0.2) is 4.39 Å². The van der Waals surface area contributed by atoms with Crippen molar-refractivity contribution in [2.75, 3.05) is 0 Å². The minimum Gasteiger partial charge on any atom is -0.491 e. The van der Waals surface area contributed by atoms with E-state index in [9.17, 15) is 9.18 Å². The number of rotatable bonds is 10. The van der Waals surface area contributed by atoms with E-state index in [4.69, 9.17) is 14.2 Å². The summed E-state index contributed by atoms with van der Waals surface area (Å²) >= 11 is 0. The summed E-state index contributed by atoms with van der Waals surface area (Å²) in [5.41, 5.74) is 1.56. The van der Waals surface area contributed by atoms with Gasteiger partial charge < -0.3 is 19.0 Å². The molecule has 0 fully saturated rings. The molecule has 31 heavy (non-hydrogen) atoms. The molecular weight excluding hydrogens is 395 g/mol. The first kappa shape index (κ1) is 22.3. The van der Waals surface area contributed by atoms with Crippen LogP contribution in [-0.2, 0) is 17.8 Å². The van der Waals surface area contributed by atoms with Gasteiger partial charge in [0.15, 0.2) is 11.6 Å². The van der Waals surface area contributed by atoms with Crippen LogP contribution in [0, 0.1) is 5.82 Å². The fourth-order valence-electron chi connectivity index (χ4n) is 3.04. The number of benzene rings is 3. The van der Waals surface area contributed by atoms with Gasteiger partial charge in [0, 0.05) is 12.5 Å². The summed E-state index contributed by atoms with van der Waals surface area (Å²) in [6.07, 6.45) is 0.911. The van der Waals surface area contributed by atoms with Crippen molar-refractivity contribution in [3.05, 3.63) is 83.7 Å². The summed E-state index contributed by atoms with van der Waals surface area (Å²) in [5.74, 6) is 1.77. The maximum Gasteiger partial charge on any atom is 0.165 e. The highest BCUT2D eigenvalue weighted by Gasteiger charge is 2.10. The minimum absolute atomic E-state index is 0.000680. The van der Waals surface area contributed by atoms with E-state index in [1.54, 1.807) is 12.1 Å². The molecule has 0 aliphatic carbocycles. The summed E-state index contributed by atoms with van der Waals surface area (Å²) in [6, 6.07) is 19.8. The maximum atomic E-state index is 14.4. The third kappa shape index (κ3) is 7.14. The molecule has 0 radical (unpaired) electrons. The average molecular weight is 422 g/mol. The van der Waals surface area contributed by atoms with E-state index in [-0.39, 0.29) is 24.2 Å². The van der Waals surface area contributed by atoms with Crippen LogP contribution >= 0.6 is 0 Å². The van der Waals surface area contributed by atoms with Crippen molar-refractivity contribution >= 4 is 5.78 Å². The Morgan fingerprint density at radius 1 is 0.903 bits per heavy atom. The number of carbonyl (C=O) groups excluding carboxylic acids is 1. The second-order valence-electron chi connectivity index (χ2n) is 7.65. The van der Waals surface area contributed by atoms with Crippen LogP contribution in [0.1, 0.15) is 38.3 Å². The fourth-order valence-corrected chi connectivity index (χ4v) is 3.04. The first-order chi connectivity index (χ1) is 14.9. The van der Waals surface area contributed by atoms with E-state index in [0.29, 0.717) is 30.1 Å². The van der Waals surface area contributed by atoms with Crippen molar-refractivity contribution in [3.8, 4) is 23.0 Å². The van der Waals surface area contributed by atoms with Crippen LogP contribution in [-0.4, -0.2) is 11.9 Å². The molecule has 0 spiro atoms. The second kappa shape index (κ2) is 10.6. The Kier molecular flexibility index (Phi) is 7.65. The summed E-state index contributed by atoms with van der Waals surface area (Å²) in [5, 5.41) is 0. The lowest BCUT2D eigenvalue weighted by atomic mass is 10.1. The molecule has 3 rings (SSSR count). The van der Waals surface area contributed by atoms with Gasteiger partial charge in [-0.3, -0.25) is 0 Å². The molecule has 0 amide bonds. The van der Waals surface area contributed by atoms with Gasteiger partial charge in [-0.05, 0) is 74.7 Å². The number of ether oxygens (including phenoxy) is 3. The molecule has 0 atom stereocenters. The molecule has 4 nitrogen and oxygen atoms in total. The number of hydrogen-bond donors (Lipinski definition) is 0. The fraction of sp³-hybridized carbons (Fsp3) is 0.269. The van der Waals surface area contributed by atoms with Crippen LogP contribution in [0.15, 0.2) is 66.7 Å². The zero-order chi connectivity index (χ0) is 22.2. The molecule has 0 heterocycles. The predicted octanol–water partition coefficient (Wildman–Crippen LogP) is 6.51. The molecule has 3 aromatic carbocycles. The van der Waals surface area contributed by atoms with Crippen molar-refractivity contribution in [2.45, 2.75) is 46.3 Å². The SMILES string of the molecule is CC(=O)CCc1ccc(OCc2cc(Oc3ccccc3)cc(OC(C)C)c2)c(F)c1. The number of ketones is 1. The quantitative estimate of drug-likeness (QED) is 0.374. The molecule has 0 aromatic heterocycles. The molecule has 0 saturated carbocycles. The smallest absolute Gasteiger partial charge is 0.165 e. The molecule has 0 N–H and O–H groups in total. The Labute approximate surface area is 182 Å². The Bertz CT molecular complexity index is 1020. The van der Waals surface area contributed by atoms with Crippen LogP contribution in [0.4, 0.5) is 4.39 Å². The number of para-hydroxylation sites is 1. The van der Waals surface area contributed by atoms with E-state index < -0.39 is 5.82 Å². The van der Waals surface area contributed by atoms with Crippen LogP contribution < -0.4 is 14.2 Å². The highest BCUT2D eigenvalue weighted by Crippen LogP contribution is 2.29. The lowest BCUT2D eigenvalue weighted by Crippen LogP contribution is -2.06. The number of aryl methyl sites for hydroxylation is 1. The highest BCUT2D eigenvalue weighted by atomic mass is 19.1. The summed E-state index contributed by atoms with van der Waals surface area (Å²) in [6.45, 7) is 5.58. The zero-order valence-electron chi connectivity index (χ0n) is 18.1. The molecule has 0 aliphatic heterocycles. The number of Topliss-reactive ketones (excluding diaryl/α,β-unsaturated/α-hetero) is 1. The van der Waals surface area contributed by atoms with Crippen molar-refractivity contribution in [1.29, 1.82) is 0 Å². The lowest BCUT2D eigenvalue weighted by molar-refractivity contribution is -0.116. The minimum atomic E-state index is -0.448. The highest BCUT2D eigenvalue weighted by molar-refractivity contribution is 5.75. The van der Waals surface area contributed by atoms with E-state index in [0.717, 1.165) is 11.1 Å². The standard InChI is InChI=1S/C26H27FO4/c1-18(2)30-23-13-21(14-24(16-23)31-22-7-5-4-6-8-22)17-29-26-12-11-20(15-25(26)27)10-9-19(3)28/h4-8,11-16,18H,9-10,17H2,1-3H3. The summed E-state index contributed by atoms with van der Waals surface area (Å²) in [4.78, 5) is 11.1. The molecule has 0 bridgehead atoms. The Morgan fingerprint density at radius 3 is 2.32 bits per heavy atom. The monoisotopic (exact) mass is 422 g/mol. The molecule has 162 valence electrons. The van der Waals surface area contributed by atoms with Gasteiger partial charge in [0.05, 0.1) is 6.10 Å². The lowest BCUT2D eigenvalue weighted by Gasteiger charge is -2.15. The second-order valence-corrected chi connectivity index (χ2v) is 7.65. The van der Waals surface area contributed by atoms with E-state index >= 15 is 0 Å². The van der Waals surface area contributed by atoms with Crippen molar-refractivity contribution < 1.29 is 23.4 Å². The maximum absolute atomic E-state index is 14.4. The Hall–Kier alpha value is -3.34. The van der Waals surface area contributed by atoms with Crippen LogP contribution in [0.25, 0.3) is 0 Å². The van der Waals surface area contributed by atoms with Gasteiger partial charge in [-0.2, -0.15) is 0 Å². The molecule has 0 saturated heterocycles. The van der Waals surface area contributed by atoms with Crippen LogP contribution in [0.3, 0.4) is 0 Å². The first-order valence-electron chi connectivity index (χ1n) is 10.3. The van der Waals surface area contributed by atoms with E-state index in [1.165, 1.54) is 13.0 Å². The number of hydrogen-bond acceptors (Lipinski definition) is 4. The van der Waals surface area contributed by atoms with Gasteiger partial charge in [0.2, 0.25) is 0 Å². The average Bonchev–Trinajstić information content (AvgIpc) is 2.71. The van der Waals surface area contributed by atoms with Crippen molar-refractivity contribution in [2.24, 2.45) is 0 Å². The third-order valence-electron chi connectivity index (χ3n) is 4.45. The topological polar surface area (TPSA) is 44.8 Å². The summed E-state index contributed by atoms with van der Waals surface area (Å²) < 4.78 is 31.9. The van der Waals surface area contributed by atoms with Crippen molar-refractivity contribution in [3.63, 3.8) is 0 Å². The summed E-state index contributed by atoms with van der Waals surface area (Å²) in [7, 11) is 0. The van der Waals surface area contributed by atoms with Gasteiger partial charge in [-0.1, -0.05) is 24.3 Å². The predicted molar refractivity (Wildman–Crippen MR) is 118 cm³/mol.